The number of hydrogen-bond donors (Lipinski definition) is 1. The van der Waals surface area contributed by atoms with Crippen LogP contribution in [-0.2, 0) is 0 Å². The molecule has 0 aliphatic rings. The van der Waals surface area contributed by atoms with Crippen LogP contribution in [0.25, 0.3) is 0 Å². The minimum absolute atomic E-state index is 0.0147. The van der Waals surface area contributed by atoms with Gasteiger partial charge in [-0.05, 0) is 0 Å². The van der Waals surface area contributed by atoms with Crippen molar-refractivity contribution in [2.75, 3.05) is 0 Å². The summed E-state index contributed by atoms with van der Waals surface area (Å²) >= 11 is 9.39. The lowest BCUT2D eigenvalue weighted by molar-refractivity contribution is 0.267. The largest absolute Gasteiger partial charge is 0.360 e. The normalized spacial score (nSPS) is 11.4. The van der Waals surface area contributed by atoms with Crippen molar-refractivity contribution in [2.45, 2.75) is 3.92 Å². The van der Waals surface area contributed by atoms with Gasteiger partial charge in [-0.15, -0.1) is 0 Å². The molecule has 2 nitrogen and oxygen atoms in total. The molecule has 1 amide bonds. The molecule has 0 aromatic heterocycles. The lowest BCUT2D eigenvalue weighted by Gasteiger charge is -2.01. The number of alkyl halides is 3. The molecule has 48 valence electrons. The zero-order valence-corrected chi connectivity index (χ0v) is 5.86. The predicted octanol–water partition coefficient (Wildman–Crippen LogP) is 1.86. The number of hydrogen-bond acceptors (Lipinski definition) is 2. The Morgan fingerprint density at radius 2 is 2.12 bits per heavy atom. The summed E-state index contributed by atoms with van der Waals surface area (Å²) in [7, 11) is 0. The Bertz CT molecular complexity index is 103. The topological polar surface area (TPSA) is 43.1 Å². The SMILES string of the molecule is NC(=O)SC(F)(Cl)Cl. The van der Waals surface area contributed by atoms with E-state index in [9.17, 15) is 9.18 Å². The van der Waals surface area contributed by atoms with Crippen molar-refractivity contribution in [1.29, 1.82) is 0 Å². The molecule has 0 aromatic rings. The number of carbonyl (C=O) groups excluding carboxylic acids is 1. The first-order valence-electron chi connectivity index (χ1n) is 1.47. The van der Waals surface area contributed by atoms with Crippen molar-refractivity contribution >= 4 is 40.2 Å². The molecule has 0 heterocycles. The van der Waals surface area contributed by atoms with Crippen LogP contribution >= 0.6 is 35.0 Å². The molecule has 0 rings (SSSR count). The quantitative estimate of drug-likeness (QED) is 0.622. The lowest BCUT2D eigenvalue weighted by Crippen LogP contribution is -2.09. The van der Waals surface area contributed by atoms with Gasteiger partial charge in [0.05, 0.1) is 0 Å². The van der Waals surface area contributed by atoms with E-state index in [0.29, 0.717) is 0 Å². The van der Waals surface area contributed by atoms with Crippen LogP contribution in [0.5, 0.6) is 0 Å². The highest BCUT2D eigenvalue weighted by Gasteiger charge is 2.25. The van der Waals surface area contributed by atoms with Gasteiger partial charge < -0.3 is 5.73 Å². The number of nitrogens with two attached hydrogens (primary N) is 1. The summed E-state index contributed by atoms with van der Waals surface area (Å²) in [6, 6.07) is 0. The Kier molecular flexibility index (Phi) is 2.87. The fourth-order valence-corrected chi connectivity index (χ4v) is 0.798. The van der Waals surface area contributed by atoms with Crippen LogP contribution in [0.4, 0.5) is 9.18 Å². The van der Waals surface area contributed by atoms with Gasteiger partial charge in [-0.3, -0.25) is 4.79 Å². The first kappa shape index (κ1) is 8.33. The second-order valence-electron chi connectivity index (χ2n) is 0.867. The molecule has 0 radical (unpaired) electrons. The molecule has 0 saturated carbocycles. The van der Waals surface area contributed by atoms with Crippen molar-refractivity contribution < 1.29 is 9.18 Å². The van der Waals surface area contributed by atoms with Crippen molar-refractivity contribution in [1.82, 2.24) is 0 Å². The maximum absolute atomic E-state index is 11.8. The second-order valence-corrected chi connectivity index (χ2v) is 3.72. The maximum atomic E-state index is 11.8. The molecule has 2 N–H and O–H groups in total. The van der Waals surface area contributed by atoms with Crippen LogP contribution < -0.4 is 5.73 Å². The third-order valence-electron chi connectivity index (χ3n) is 0.216. The van der Waals surface area contributed by atoms with Gasteiger partial charge in [0.2, 0.25) is 0 Å². The molecule has 0 aliphatic carbocycles. The molecule has 0 saturated heterocycles. The minimum Gasteiger partial charge on any atom is -0.360 e. The van der Waals surface area contributed by atoms with Crippen LogP contribution in [0.2, 0.25) is 0 Å². The Labute approximate surface area is 59.5 Å². The third kappa shape index (κ3) is 6.33. The summed E-state index contributed by atoms with van der Waals surface area (Å²) in [6.45, 7) is 0. The minimum atomic E-state index is -2.59. The Hall–Kier alpha value is 0.330. The Morgan fingerprint density at radius 1 is 1.75 bits per heavy atom. The van der Waals surface area contributed by atoms with Crippen molar-refractivity contribution in [3.63, 3.8) is 0 Å². The van der Waals surface area contributed by atoms with E-state index in [1.165, 1.54) is 0 Å². The molecule has 0 atom stereocenters. The highest BCUT2D eigenvalue weighted by molar-refractivity contribution is 8.16. The van der Waals surface area contributed by atoms with E-state index >= 15 is 0 Å². The Balaban J connectivity index is 3.55. The first-order chi connectivity index (χ1) is 3.42. The zero-order valence-electron chi connectivity index (χ0n) is 3.53. The second kappa shape index (κ2) is 2.75. The fourth-order valence-electron chi connectivity index (χ4n) is 0.114. The van der Waals surface area contributed by atoms with Crippen LogP contribution in [-0.4, -0.2) is 9.16 Å². The molecule has 0 bridgehead atoms. The molecule has 0 unspecified atom stereocenters. The number of thioether (sulfide) groups is 1. The van der Waals surface area contributed by atoms with Crippen molar-refractivity contribution in [2.24, 2.45) is 5.73 Å². The number of carbonyl (C=O) groups is 1. The highest BCUT2D eigenvalue weighted by Crippen LogP contribution is 2.35. The van der Waals surface area contributed by atoms with E-state index in [0.717, 1.165) is 0 Å². The summed E-state index contributed by atoms with van der Waals surface area (Å²) < 4.78 is 9.24. The van der Waals surface area contributed by atoms with Gasteiger partial charge in [-0.2, -0.15) is 4.39 Å². The van der Waals surface area contributed by atoms with E-state index in [1.807, 2.05) is 0 Å². The highest BCUT2D eigenvalue weighted by atomic mass is 35.5. The van der Waals surface area contributed by atoms with Crippen molar-refractivity contribution in [3.05, 3.63) is 0 Å². The smallest absolute Gasteiger partial charge is 0.313 e. The maximum Gasteiger partial charge on any atom is 0.313 e. The lowest BCUT2D eigenvalue weighted by atomic mass is 11.5. The molecular weight excluding hydrogens is 176 g/mol. The number of amides is 1. The van der Waals surface area contributed by atoms with Gasteiger partial charge in [0.25, 0.3) is 5.24 Å². The molecule has 0 fully saturated rings. The average Bonchev–Trinajstić information content (AvgIpc) is 1.21. The monoisotopic (exact) mass is 177 g/mol. The molecule has 6 heteroatoms. The summed E-state index contributed by atoms with van der Waals surface area (Å²) in [5, 5.41) is -0.947. The van der Waals surface area contributed by atoms with Crippen LogP contribution in [0, 0.1) is 0 Å². The zero-order chi connectivity index (χ0) is 6.78. The van der Waals surface area contributed by atoms with Gasteiger partial charge in [0.15, 0.2) is 0 Å². The molecular formula is C2H2Cl2FNOS. The van der Waals surface area contributed by atoms with Gasteiger partial charge >= 0.3 is 3.92 Å². The van der Waals surface area contributed by atoms with E-state index in [2.05, 4.69) is 28.9 Å². The van der Waals surface area contributed by atoms with E-state index in [1.54, 1.807) is 0 Å². The van der Waals surface area contributed by atoms with Crippen molar-refractivity contribution in [3.8, 4) is 0 Å². The third-order valence-corrected chi connectivity index (χ3v) is 1.11. The first-order valence-corrected chi connectivity index (χ1v) is 3.04. The van der Waals surface area contributed by atoms with Gasteiger partial charge in [0.1, 0.15) is 0 Å². The summed E-state index contributed by atoms with van der Waals surface area (Å²) in [5.41, 5.74) is 4.49. The van der Waals surface area contributed by atoms with Crippen LogP contribution in [0.3, 0.4) is 0 Å². The molecule has 0 spiro atoms. The molecule has 8 heavy (non-hydrogen) atoms. The van der Waals surface area contributed by atoms with E-state index in [-0.39, 0.29) is 11.8 Å². The predicted molar refractivity (Wildman–Crippen MR) is 32.7 cm³/mol. The van der Waals surface area contributed by atoms with Crippen LogP contribution in [0.15, 0.2) is 0 Å². The summed E-state index contributed by atoms with van der Waals surface area (Å²) in [4.78, 5) is 9.79. The number of halogens is 3. The molecule has 0 aromatic carbocycles. The fraction of sp³-hybridized carbons (Fsp3) is 0.500. The summed E-state index contributed by atoms with van der Waals surface area (Å²) in [5.74, 6) is 0. The van der Waals surface area contributed by atoms with E-state index < -0.39 is 9.16 Å². The number of rotatable bonds is 1. The average molecular weight is 178 g/mol. The standard InChI is InChI=1S/C2H2Cl2FNOS/c3-2(4,5)8-1(6)7/h(H2,6,7). The summed E-state index contributed by atoms with van der Waals surface area (Å²) in [6.07, 6.45) is 0. The van der Waals surface area contributed by atoms with Gasteiger partial charge in [-0.1, -0.05) is 23.2 Å². The van der Waals surface area contributed by atoms with Gasteiger partial charge in [-0.25, -0.2) is 0 Å². The Morgan fingerprint density at radius 3 is 2.12 bits per heavy atom. The van der Waals surface area contributed by atoms with Crippen LogP contribution in [0.1, 0.15) is 0 Å². The molecule has 0 aliphatic heterocycles. The number of primary amides is 1. The van der Waals surface area contributed by atoms with E-state index in [4.69, 9.17) is 0 Å². The van der Waals surface area contributed by atoms with Gasteiger partial charge in [0, 0.05) is 11.8 Å².